The molecule has 24 heavy (non-hydrogen) atoms. The molecule has 1 saturated heterocycles. The van der Waals surface area contributed by atoms with Gasteiger partial charge in [-0.1, -0.05) is 30.3 Å². The highest BCUT2D eigenvalue weighted by Gasteiger charge is 2.31. The van der Waals surface area contributed by atoms with Crippen LogP contribution in [0, 0.1) is 5.92 Å². The maximum atomic E-state index is 12.3. The van der Waals surface area contributed by atoms with E-state index in [4.69, 9.17) is 0 Å². The number of carbonyl (C=O) groups excluding carboxylic acids is 1. The normalized spacial score (nSPS) is 19.1. The Hall–Kier alpha value is -1.05. The molecular formula is C17H26N2O3S2. The van der Waals surface area contributed by atoms with E-state index in [9.17, 15) is 13.2 Å². The van der Waals surface area contributed by atoms with Gasteiger partial charge < -0.3 is 5.32 Å². The van der Waals surface area contributed by atoms with Gasteiger partial charge in [-0.2, -0.15) is 11.8 Å². The molecule has 1 amide bonds. The summed E-state index contributed by atoms with van der Waals surface area (Å²) in [6, 6.07) is 10.2. The maximum absolute atomic E-state index is 12.3. The lowest BCUT2D eigenvalue weighted by atomic mass is 9.99. The standard InChI is InChI=1S/C17H26N2O3S2/c1-2-24(21,22)19-11-6-9-16(13-19)17(20)18-10-12-23-14-15-7-4-3-5-8-15/h3-5,7-8,16H,2,6,9-14H2,1H3,(H,18,20)/t16-/m1/s1. The lowest BCUT2D eigenvalue weighted by Crippen LogP contribution is -2.46. The van der Waals surface area contributed by atoms with Crippen LogP contribution in [0.15, 0.2) is 30.3 Å². The van der Waals surface area contributed by atoms with E-state index in [1.165, 1.54) is 9.87 Å². The molecule has 1 N–H and O–H groups in total. The third kappa shape index (κ3) is 5.79. The lowest BCUT2D eigenvalue weighted by Gasteiger charge is -2.30. The summed E-state index contributed by atoms with van der Waals surface area (Å²) in [5.74, 6) is 1.63. The van der Waals surface area contributed by atoms with Gasteiger partial charge in [0, 0.05) is 31.1 Å². The van der Waals surface area contributed by atoms with Gasteiger partial charge in [0.25, 0.3) is 0 Å². The van der Waals surface area contributed by atoms with Gasteiger partial charge in [-0.05, 0) is 25.3 Å². The van der Waals surface area contributed by atoms with Crippen molar-refractivity contribution in [3.63, 3.8) is 0 Å². The fourth-order valence-electron chi connectivity index (χ4n) is 2.75. The van der Waals surface area contributed by atoms with Crippen LogP contribution in [0.1, 0.15) is 25.3 Å². The third-order valence-corrected chi connectivity index (χ3v) is 7.05. The predicted molar refractivity (Wildman–Crippen MR) is 99.4 cm³/mol. The first kappa shape index (κ1) is 19.3. The van der Waals surface area contributed by atoms with Crippen molar-refractivity contribution in [1.29, 1.82) is 0 Å². The van der Waals surface area contributed by atoms with E-state index in [1.807, 2.05) is 18.2 Å². The van der Waals surface area contributed by atoms with Crippen LogP contribution in [0.25, 0.3) is 0 Å². The van der Waals surface area contributed by atoms with E-state index in [0.717, 1.165) is 24.3 Å². The van der Waals surface area contributed by atoms with Gasteiger partial charge in [-0.15, -0.1) is 0 Å². The SMILES string of the molecule is CCS(=O)(=O)N1CCC[C@@H](C(=O)NCCSCc2ccccc2)C1. The van der Waals surface area contributed by atoms with Crippen LogP contribution in [0.4, 0.5) is 0 Å². The summed E-state index contributed by atoms with van der Waals surface area (Å²) in [6.45, 7) is 3.11. The van der Waals surface area contributed by atoms with Crippen LogP contribution in [0.2, 0.25) is 0 Å². The second-order valence-electron chi connectivity index (χ2n) is 5.93. The molecule has 0 aliphatic carbocycles. The van der Waals surface area contributed by atoms with Crippen molar-refractivity contribution in [3.05, 3.63) is 35.9 Å². The fraction of sp³-hybridized carbons (Fsp3) is 0.588. The molecule has 134 valence electrons. The van der Waals surface area contributed by atoms with Crippen molar-refractivity contribution < 1.29 is 13.2 Å². The highest BCUT2D eigenvalue weighted by Crippen LogP contribution is 2.19. The molecule has 1 fully saturated rings. The first-order chi connectivity index (χ1) is 11.5. The minimum atomic E-state index is -3.20. The van der Waals surface area contributed by atoms with Crippen LogP contribution in [0.3, 0.4) is 0 Å². The van der Waals surface area contributed by atoms with Crippen LogP contribution in [0.5, 0.6) is 0 Å². The molecule has 0 spiro atoms. The monoisotopic (exact) mass is 370 g/mol. The molecule has 0 aromatic heterocycles. The number of nitrogens with one attached hydrogen (secondary N) is 1. The molecule has 0 bridgehead atoms. The largest absolute Gasteiger partial charge is 0.355 e. The average Bonchev–Trinajstić information content (AvgIpc) is 2.62. The highest BCUT2D eigenvalue weighted by atomic mass is 32.2. The Bertz CT molecular complexity index is 620. The van der Waals surface area contributed by atoms with Crippen molar-refractivity contribution in [2.75, 3.05) is 31.1 Å². The van der Waals surface area contributed by atoms with Crippen LogP contribution >= 0.6 is 11.8 Å². The summed E-state index contributed by atoms with van der Waals surface area (Å²) in [4.78, 5) is 12.3. The van der Waals surface area contributed by atoms with Crippen LogP contribution in [-0.4, -0.2) is 49.8 Å². The Morgan fingerprint density at radius 2 is 2.08 bits per heavy atom. The molecule has 2 rings (SSSR count). The second-order valence-corrected chi connectivity index (χ2v) is 9.29. The second kappa shape index (κ2) is 9.44. The topological polar surface area (TPSA) is 66.5 Å². The lowest BCUT2D eigenvalue weighted by molar-refractivity contribution is -0.125. The molecule has 1 aromatic rings. The Labute approximate surface area is 149 Å². The van der Waals surface area contributed by atoms with Gasteiger partial charge in [0.15, 0.2) is 0 Å². The summed E-state index contributed by atoms with van der Waals surface area (Å²) < 4.78 is 25.4. The minimum Gasteiger partial charge on any atom is -0.355 e. The van der Waals surface area contributed by atoms with Gasteiger partial charge in [-0.3, -0.25) is 4.79 Å². The molecule has 1 aliphatic rings. The molecule has 0 unspecified atom stereocenters. The van der Waals surface area contributed by atoms with Gasteiger partial charge in [-0.25, -0.2) is 12.7 Å². The van der Waals surface area contributed by atoms with E-state index < -0.39 is 10.0 Å². The summed E-state index contributed by atoms with van der Waals surface area (Å²) in [5, 5.41) is 2.95. The van der Waals surface area contributed by atoms with Gasteiger partial charge in [0.05, 0.1) is 11.7 Å². The molecular weight excluding hydrogens is 344 g/mol. The van der Waals surface area contributed by atoms with Gasteiger partial charge in [0.1, 0.15) is 0 Å². The zero-order chi connectivity index (χ0) is 17.4. The quantitative estimate of drug-likeness (QED) is 0.712. The Kier molecular flexibility index (Phi) is 7.58. The van der Waals surface area contributed by atoms with Crippen molar-refractivity contribution >= 4 is 27.7 Å². The Morgan fingerprint density at radius 1 is 1.33 bits per heavy atom. The predicted octanol–water partition coefficient (Wildman–Crippen LogP) is 2.10. The third-order valence-electron chi connectivity index (χ3n) is 4.17. The number of nitrogens with zero attached hydrogens (tertiary/aromatic N) is 1. The van der Waals surface area contributed by atoms with Crippen molar-refractivity contribution in [1.82, 2.24) is 9.62 Å². The van der Waals surface area contributed by atoms with E-state index in [1.54, 1.807) is 18.7 Å². The molecule has 7 heteroatoms. The maximum Gasteiger partial charge on any atom is 0.224 e. The number of amides is 1. The number of piperidine rings is 1. The first-order valence-electron chi connectivity index (χ1n) is 8.40. The molecule has 0 radical (unpaired) electrons. The smallest absolute Gasteiger partial charge is 0.224 e. The Balaban J connectivity index is 1.68. The van der Waals surface area contributed by atoms with Crippen LogP contribution < -0.4 is 5.32 Å². The molecule has 1 heterocycles. The summed E-state index contributed by atoms with van der Waals surface area (Å²) >= 11 is 1.78. The summed E-state index contributed by atoms with van der Waals surface area (Å²) in [7, 11) is -3.20. The molecule has 5 nitrogen and oxygen atoms in total. The number of carbonyl (C=O) groups is 1. The molecule has 1 atom stereocenters. The molecule has 0 saturated carbocycles. The number of rotatable bonds is 8. The molecule has 1 aromatic carbocycles. The zero-order valence-electron chi connectivity index (χ0n) is 14.1. The number of sulfonamides is 1. The first-order valence-corrected chi connectivity index (χ1v) is 11.2. The van der Waals surface area contributed by atoms with E-state index in [-0.39, 0.29) is 17.6 Å². The van der Waals surface area contributed by atoms with Gasteiger partial charge in [0.2, 0.25) is 15.9 Å². The van der Waals surface area contributed by atoms with Gasteiger partial charge >= 0.3 is 0 Å². The minimum absolute atomic E-state index is 0.0219. The van der Waals surface area contributed by atoms with E-state index in [0.29, 0.717) is 19.6 Å². The van der Waals surface area contributed by atoms with Crippen LogP contribution in [-0.2, 0) is 20.6 Å². The number of hydrogen-bond donors (Lipinski definition) is 1. The zero-order valence-corrected chi connectivity index (χ0v) is 15.7. The Morgan fingerprint density at radius 3 is 2.79 bits per heavy atom. The summed E-state index contributed by atoms with van der Waals surface area (Å²) in [6.07, 6.45) is 1.51. The van der Waals surface area contributed by atoms with E-state index in [2.05, 4.69) is 17.4 Å². The molecule has 1 aliphatic heterocycles. The van der Waals surface area contributed by atoms with Crippen molar-refractivity contribution in [2.45, 2.75) is 25.5 Å². The highest BCUT2D eigenvalue weighted by molar-refractivity contribution is 7.98. The summed E-state index contributed by atoms with van der Waals surface area (Å²) in [5.41, 5.74) is 1.28. The fourth-order valence-corrected chi connectivity index (χ4v) is 4.75. The number of thioether (sulfide) groups is 1. The van der Waals surface area contributed by atoms with Crippen molar-refractivity contribution in [2.24, 2.45) is 5.92 Å². The average molecular weight is 371 g/mol. The van der Waals surface area contributed by atoms with E-state index >= 15 is 0 Å². The van der Waals surface area contributed by atoms with Crippen molar-refractivity contribution in [3.8, 4) is 0 Å². The number of benzene rings is 1. The number of hydrogen-bond acceptors (Lipinski definition) is 4.